The highest BCUT2D eigenvalue weighted by molar-refractivity contribution is 9.10. The van der Waals surface area contributed by atoms with Crippen molar-refractivity contribution < 1.29 is 14.3 Å². The van der Waals surface area contributed by atoms with Crippen molar-refractivity contribution in [2.75, 3.05) is 12.4 Å². The highest BCUT2D eigenvalue weighted by Crippen LogP contribution is 2.40. The van der Waals surface area contributed by atoms with Crippen molar-refractivity contribution in [2.24, 2.45) is 0 Å². The van der Waals surface area contributed by atoms with Crippen LogP contribution >= 0.6 is 27.3 Å². The van der Waals surface area contributed by atoms with Crippen LogP contribution in [0.1, 0.15) is 22.2 Å². The molecule has 0 radical (unpaired) electrons. The fourth-order valence-corrected chi connectivity index (χ4v) is 3.43. The van der Waals surface area contributed by atoms with Gasteiger partial charge in [-0.3, -0.25) is 4.79 Å². The van der Waals surface area contributed by atoms with Crippen LogP contribution in [0.4, 0.5) is 5.00 Å². The van der Waals surface area contributed by atoms with Crippen LogP contribution in [0.25, 0.3) is 11.1 Å². The van der Waals surface area contributed by atoms with E-state index < -0.39 is 5.97 Å². The van der Waals surface area contributed by atoms with Crippen LogP contribution in [0, 0.1) is 6.92 Å². The summed E-state index contributed by atoms with van der Waals surface area (Å²) in [5.41, 5.74) is 2.10. The first-order chi connectivity index (χ1) is 9.93. The van der Waals surface area contributed by atoms with Gasteiger partial charge in [0.15, 0.2) is 0 Å². The Labute approximate surface area is 135 Å². The minimum Gasteiger partial charge on any atom is -0.465 e. The lowest BCUT2D eigenvalue weighted by molar-refractivity contribution is -0.114. The monoisotopic (exact) mass is 367 g/mol. The predicted octanol–water partition coefficient (Wildman–Crippen LogP) is 4.23. The van der Waals surface area contributed by atoms with Gasteiger partial charge in [0.05, 0.1) is 7.11 Å². The number of amides is 1. The average molecular weight is 368 g/mol. The molecule has 0 bridgehead atoms. The molecule has 110 valence electrons. The lowest BCUT2D eigenvalue weighted by atomic mass is 10.0. The molecule has 1 amide bonds. The molecule has 2 rings (SSSR count). The normalized spacial score (nSPS) is 10.3. The Bertz CT molecular complexity index is 692. The first-order valence-corrected chi connectivity index (χ1v) is 7.80. The number of carbonyl (C=O) groups is 2. The van der Waals surface area contributed by atoms with Crippen molar-refractivity contribution >= 4 is 44.1 Å². The van der Waals surface area contributed by atoms with Gasteiger partial charge < -0.3 is 10.1 Å². The lowest BCUT2D eigenvalue weighted by Gasteiger charge is -2.07. The van der Waals surface area contributed by atoms with E-state index in [2.05, 4.69) is 21.2 Å². The summed E-state index contributed by atoms with van der Waals surface area (Å²) in [6, 6.07) is 7.66. The second kappa shape index (κ2) is 6.41. The molecule has 0 fully saturated rings. The van der Waals surface area contributed by atoms with Crippen LogP contribution in [-0.4, -0.2) is 19.0 Å². The maximum Gasteiger partial charge on any atom is 0.341 e. The number of methoxy groups -OCH3 is 1. The van der Waals surface area contributed by atoms with Gasteiger partial charge in [0, 0.05) is 21.8 Å². The standard InChI is InChI=1S/C15H14BrNO3S/c1-8-12(10-4-6-11(16)7-5-10)13(15(19)20-3)14(21-8)17-9(2)18/h4-7H,1-3H3,(H,17,18). The first-order valence-electron chi connectivity index (χ1n) is 6.19. The highest BCUT2D eigenvalue weighted by Gasteiger charge is 2.24. The fraction of sp³-hybridized carbons (Fsp3) is 0.200. The molecule has 21 heavy (non-hydrogen) atoms. The van der Waals surface area contributed by atoms with Crippen LogP contribution in [0.5, 0.6) is 0 Å². The van der Waals surface area contributed by atoms with Crippen LogP contribution in [0.3, 0.4) is 0 Å². The molecule has 0 aliphatic heterocycles. The number of rotatable bonds is 3. The van der Waals surface area contributed by atoms with Crippen molar-refractivity contribution in [2.45, 2.75) is 13.8 Å². The number of hydrogen-bond acceptors (Lipinski definition) is 4. The second-order valence-electron chi connectivity index (χ2n) is 4.42. The fourth-order valence-electron chi connectivity index (χ4n) is 2.05. The Kier molecular flexibility index (Phi) is 4.80. The summed E-state index contributed by atoms with van der Waals surface area (Å²) in [6.45, 7) is 3.33. The zero-order valence-electron chi connectivity index (χ0n) is 11.8. The second-order valence-corrected chi connectivity index (χ2v) is 6.56. The Morgan fingerprint density at radius 1 is 1.24 bits per heavy atom. The van der Waals surface area contributed by atoms with Gasteiger partial charge in [-0.25, -0.2) is 4.79 Å². The molecular weight excluding hydrogens is 354 g/mol. The highest BCUT2D eigenvalue weighted by atomic mass is 79.9. The van der Waals surface area contributed by atoms with E-state index in [1.165, 1.54) is 25.4 Å². The van der Waals surface area contributed by atoms with Crippen LogP contribution in [-0.2, 0) is 9.53 Å². The largest absolute Gasteiger partial charge is 0.465 e. The van der Waals surface area contributed by atoms with E-state index >= 15 is 0 Å². The van der Waals surface area contributed by atoms with Gasteiger partial charge >= 0.3 is 5.97 Å². The molecule has 0 aliphatic carbocycles. The molecule has 1 heterocycles. The molecule has 0 unspecified atom stereocenters. The van der Waals surface area contributed by atoms with Gasteiger partial charge in [0.25, 0.3) is 0 Å². The van der Waals surface area contributed by atoms with Gasteiger partial charge in [-0.15, -0.1) is 11.3 Å². The third-order valence-corrected chi connectivity index (χ3v) is 4.45. The Morgan fingerprint density at radius 2 is 1.86 bits per heavy atom. The molecule has 0 saturated carbocycles. The van der Waals surface area contributed by atoms with Gasteiger partial charge in [0.2, 0.25) is 5.91 Å². The molecule has 1 aromatic heterocycles. The van der Waals surface area contributed by atoms with E-state index in [1.807, 2.05) is 31.2 Å². The lowest BCUT2D eigenvalue weighted by Crippen LogP contribution is -2.10. The third kappa shape index (κ3) is 3.33. The minimum atomic E-state index is -0.457. The van der Waals surface area contributed by atoms with Crippen LogP contribution < -0.4 is 5.32 Å². The SMILES string of the molecule is COC(=O)c1c(NC(C)=O)sc(C)c1-c1ccc(Br)cc1. The molecule has 0 atom stereocenters. The van der Waals surface area contributed by atoms with E-state index in [4.69, 9.17) is 4.74 Å². The molecular formula is C15H14BrNO3S. The summed E-state index contributed by atoms with van der Waals surface area (Å²) in [5.74, 6) is -0.676. The number of esters is 1. The summed E-state index contributed by atoms with van der Waals surface area (Å²) < 4.78 is 5.82. The third-order valence-electron chi connectivity index (χ3n) is 2.90. The summed E-state index contributed by atoms with van der Waals surface area (Å²) >= 11 is 4.76. The van der Waals surface area contributed by atoms with E-state index in [-0.39, 0.29) is 5.91 Å². The maximum atomic E-state index is 12.1. The summed E-state index contributed by atoms with van der Waals surface area (Å²) in [5, 5.41) is 3.22. The number of benzene rings is 1. The van der Waals surface area contributed by atoms with Crippen molar-refractivity contribution in [1.29, 1.82) is 0 Å². The first kappa shape index (κ1) is 15.7. The molecule has 0 saturated heterocycles. The van der Waals surface area contributed by atoms with E-state index in [9.17, 15) is 9.59 Å². The summed E-state index contributed by atoms with van der Waals surface area (Å²) in [7, 11) is 1.33. The Morgan fingerprint density at radius 3 is 2.38 bits per heavy atom. The molecule has 0 aliphatic rings. The smallest absolute Gasteiger partial charge is 0.341 e. The number of ether oxygens (including phenoxy) is 1. The predicted molar refractivity (Wildman–Crippen MR) is 87.8 cm³/mol. The van der Waals surface area contributed by atoms with E-state index in [0.717, 1.165) is 20.5 Å². The zero-order valence-corrected chi connectivity index (χ0v) is 14.2. The summed E-state index contributed by atoms with van der Waals surface area (Å²) in [4.78, 5) is 24.4. The zero-order chi connectivity index (χ0) is 15.6. The quantitative estimate of drug-likeness (QED) is 0.825. The Hall–Kier alpha value is -1.66. The molecule has 1 aromatic carbocycles. The maximum absolute atomic E-state index is 12.1. The van der Waals surface area contributed by atoms with Crippen LogP contribution in [0.15, 0.2) is 28.7 Å². The average Bonchev–Trinajstić information content (AvgIpc) is 2.74. The minimum absolute atomic E-state index is 0.219. The topological polar surface area (TPSA) is 55.4 Å². The summed E-state index contributed by atoms with van der Waals surface area (Å²) in [6.07, 6.45) is 0. The number of nitrogens with one attached hydrogen (secondary N) is 1. The number of aryl methyl sites for hydroxylation is 1. The molecule has 6 heteroatoms. The number of thiophene rings is 1. The van der Waals surface area contributed by atoms with Gasteiger partial charge in [0.1, 0.15) is 10.6 Å². The molecule has 4 nitrogen and oxygen atoms in total. The molecule has 2 aromatic rings. The number of hydrogen-bond donors (Lipinski definition) is 1. The van der Waals surface area contributed by atoms with Crippen molar-refractivity contribution in [3.63, 3.8) is 0 Å². The number of carbonyl (C=O) groups excluding carboxylic acids is 2. The van der Waals surface area contributed by atoms with E-state index in [0.29, 0.717) is 10.6 Å². The Balaban J connectivity index is 2.63. The van der Waals surface area contributed by atoms with Gasteiger partial charge in [-0.1, -0.05) is 28.1 Å². The number of anilines is 1. The van der Waals surface area contributed by atoms with Crippen molar-refractivity contribution in [3.05, 3.63) is 39.2 Å². The van der Waals surface area contributed by atoms with Crippen molar-refractivity contribution in [1.82, 2.24) is 0 Å². The molecule has 0 spiro atoms. The van der Waals surface area contributed by atoms with Gasteiger partial charge in [-0.2, -0.15) is 0 Å². The molecule has 1 N–H and O–H groups in total. The van der Waals surface area contributed by atoms with Gasteiger partial charge in [-0.05, 0) is 24.6 Å². The van der Waals surface area contributed by atoms with Crippen LogP contribution in [0.2, 0.25) is 0 Å². The number of halogens is 1. The van der Waals surface area contributed by atoms with E-state index in [1.54, 1.807) is 0 Å². The van der Waals surface area contributed by atoms with Crippen molar-refractivity contribution in [3.8, 4) is 11.1 Å².